The van der Waals surface area contributed by atoms with Crippen molar-refractivity contribution < 1.29 is 26.7 Å². The molecule has 2 aromatic rings. The Labute approximate surface area is 143 Å². The highest BCUT2D eigenvalue weighted by Crippen LogP contribution is 2.18. The molecule has 0 spiro atoms. The van der Waals surface area contributed by atoms with Crippen molar-refractivity contribution in [1.29, 1.82) is 0 Å². The minimum atomic E-state index is -3.83. The molecule has 0 fully saturated rings. The number of amides is 1. The van der Waals surface area contributed by atoms with E-state index in [-0.39, 0.29) is 10.6 Å². The van der Waals surface area contributed by atoms with Gasteiger partial charge in [0.05, 0.1) is 10.9 Å². The fourth-order valence-corrected chi connectivity index (χ4v) is 3.15. The first-order valence-electron chi connectivity index (χ1n) is 7.21. The Bertz CT molecular complexity index is 812. The number of halogens is 2. The Morgan fingerprint density at radius 3 is 2.20 bits per heavy atom. The molecule has 2 N–H and O–H groups in total. The lowest BCUT2D eigenvalue weighted by molar-refractivity contribution is -0.117. The Balaban J connectivity index is 1.98. The summed E-state index contributed by atoms with van der Waals surface area (Å²) in [4.78, 5) is 12.1. The van der Waals surface area contributed by atoms with Gasteiger partial charge >= 0.3 is 6.61 Å². The molecule has 0 heterocycles. The van der Waals surface area contributed by atoms with E-state index in [9.17, 15) is 22.0 Å². The van der Waals surface area contributed by atoms with Crippen LogP contribution in [-0.4, -0.2) is 27.0 Å². The van der Waals surface area contributed by atoms with Crippen molar-refractivity contribution in [2.75, 3.05) is 5.32 Å². The zero-order chi connectivity index (χ0) is 18.4. The molecule has 9 heteroatoms. The summed E-state index contributed by atoms with van der Waals surface area (Å²) in [7, 11) is -3.83. The van der Waals surface area contributed by atoms with Crippen LogP contribution in [0.4, 0.5) is 14.5 Å². The molecule has 1 atom stereocenters. The average molecular weight is 370 g/mol. The number of hydrogen-bond acceptors (Lipinski definition) is 4. The molecule has 25 heavy (non-hydrogen) atoms. The van der Waals surface area contributed by atoms with Gasteiger partial charge in [-0.2, -0.15) is 13.5 Å². The maximum Gasteiger partial charge on any atom is 0.387 e. The van der Waals surface area contributed by atoms with Crippen LogP contribution in [0.5, 0.6) is 5.75 Å². The standard InChI is InChI=1S/C16H16F2N2O4S/c1-11(20-25(22,23)14-5-3-2-4-6-14)15(21)19-12-7-9-13(10-8-12)24-16(17)18/h2-11,16,20H,1H3,(H,19,21)/t11-/m1/s1. The minimum Gasteiger partial charge on any atom is -0.435 e. The summed E-state index contributed by atoms with van der Waals surface area (Å²) in [6.07, 6.45) is 0. The molecular weight excluding hydrogens is 354 g/mol. The van der Waals surface area contributed by atoms with Crippen LogP contribution in [0, 0.1) is 0 Å². The van der Waals surface area contributed by atoms with E-state index in [1.807, 2.05) is 0 Å². The van der Waals surface area contributed by atoms with E-state index in [1.54, 1.807) is 18.2 Å². The molecular formula is C16H16F2N2O4S. The van der Waals surface area contributed by atoms with Crippen molar-refractivity contribution in [1.82, 2.24) is 4.72 Å². The number of hydrogen-bond donors (Lipinski definition) is 2. The average Bonchev–Trinajstić information content (AvgIpc) is 2.56. The van der Waals surface area contributed by atoms with E-state index in [0.717, 1.165) is 0 Å². The Morgan fingerprint density at radius 1 is 1.04 bits per heavy atom. The summed E-state index contributed by atoms with van der Waals surface area (Å²) in [5, 5.41) is 2.49. The summed E-state index contributed by atoms with van der Waals surface area (Å²) >= 11 is 0. The molecule has 0 aliphatic rings. The van der Waals surface area contributed by atoms with Gasteiger partial charge in [-0.3, -0.25) is 4.79 Å². The molecule has 0 aliphatic carbocycles. The largest absolute Gasteiger partial charge is 0.435 e. The molecule has 0 aromatic heterocycles. The van der Waals surface area contributed by atoms with Crippen molar-refractivity contribution in [2.24, 2.45) is 0 Å². The molecule has 0 saturated heterocycles. The summed E-state index contributed by atoms with van der Waals surface area (Å²) in [5.74, 6) is -0.645. The second-order valence-corrected chi connectivity index (χ2v) is 6.76. The van der Waals surface area contributed by atoms with Crippen LogP contribution in [0.3, 0.4) is 0 Å². The lowest BCUT2D eigenvalue weighted by Crippen LogP contribution is -2.41. The fraction of sp³-hybridized carbons (Fsp3) is 0.188. The van der Waals surface area contributed by atoms with Crippen LogP contribution in [0.15, 0.2) is 59.5 Å². The summed E-state index contributed by atoms with van der Waals surface area (Å²) in [6.45, 7) is -1.54. The highest BCUT2D eigenvalue weighted by Gasteiger charge is 2.21. The quantitative estimate of drug-likeness (QED) is 0.785. The van der Waals surface area contributed by atoms with E-state index < -0.39 is 28.6 Å². The molecule has 0 bridgehead atoms. The lowest BCUT2D eigenvalue weighted by atomic mass is 10.2. The molecule has 0 aliphatic heterocycles. The van der Waals surface area contributed by atoms with E-state index in [0.29, 0.717) is 5.69 Å². The maximum absolute atomic E-state index is 12.2. The normalized spacial score (nSPS) is 12.6. The van der Waals surface area contributed by atoms with Crippen LogP contribution in [0.25, 0.3) is 0 Å². The second kappa shape index (κ2) is 8.04. The Morgan fingerprint density at radius 2 is 1.64 bits per heavy atom. The van der Waals surface area contributed by atoms with Crippen molar-refractivity contribution in [2.45, 2.75) is 24.5 Å². The molecule has 6 nitrogen and oxygen atoms in total. The highest BCUT2D eigenvalue weighted by molar-refractivity contribution is 7.89. The van der Waals surface area contributed by atoms with Crippen LogP contribution >= 0.6 is 0 Å². The number of anilines is 1. The van der Waals surface area contributed by atoms with Crippen molar-refractivity contribution in [3.63, 3.8) is 0 Å². The van der Waals surface area contributed by atoms with Gasteiger partial charge in [-0.1, -0.05) is 18.2 Å². The van der Waals surface area contributed by atoms with Gasteiger partial charge in [-0.25, -0.2) is 8.42 Å². The topological polar surface area (TPSA) is 84.5 Å². The van der Waals surface area contributed by atoms with Crippen molar-refractivity contribution >= 4 is 21.6 Å². The number of nitrogens with one attached hydrogen (secondary N) is 2. The predicted octanol–water partition coefficient (Wildman–Crippen LogP) is 2.59. The zero-order valence-electron chi connectivity index (χ0n) is 13.1. The van der Waals surface area contributed by atoms with E-state index in [2.05, 4.69) is 14.8 Å². The highest BCUT2D eigenvalue weighted by atomic mass is 32.2. The number of benzene rings is 2. The molecule has 1 amide bonds. The first-order valence-corrected chi connectivity index (χ1v) is 8.69. The van der Waals surface area contributed by atoms with Gasteiger partial charge < -0.3 is 10.1 Å². The van der Waals surface area contributed by atoms with Crippen molar-refractivity contribution in [3.05, 3.63) is 54.6 Å². The number of alkyl halides is 2. The summed E-state index contributed by atoms with van der Waals surface area (Å²) in [6, 6.07) is 11.9. The zero-order valence-corrected chi connectivity index (χ0v) is 14.0. The van der Waals surface area contributed by atoms with E-state index >= 15 is 0 Å². The van der Waals surface area contributed by atoms with Gasteiger partial charge in [0.2, 0.25) is 15.9 Å². The Kier molecular flexibility index (Phi) is 6.05. The number of sulfonamides is 1. The Hall–Kier alpha value is -2.52. The van der Waals surface area contributed by atoms with E-state index in [1.165, 1.54) is 43.3 Å². The third-order valence-corrected chi connectivity index (χ3v) is 4.68. The van der Waals surface area contributed by atoms with Crippen LogP contribution in [0.1, 0.15) is 6.92 Å². The van der Waals surface area contributed by atoms with Gasteiger partial charge in [0, 0.05) is 5.69 Å². The molecule has 0 unspecified atom stereocenters. The fourth-order valence-electron chi connectivity index (χ4n) is 1.92. The first-order chi connectivity index (χ1) is 11.8. The smallest absolute Gasteiger partial charge is 0.387 e. The van der Waals surface area contributed by atoms with Gasteiger partial charge in [0.25, 0.3) is 0 Å². The van der Waals surface area contributed by atoms with Gasteiger partial charge in [-0.15, -0.1) is 0 Å². The van der Waals surface area contributed by atoms with Gasteiger partial charge in [0.1, 0.15) is 5.75 Å². The second-order valence-electron chi connectivity index (χ2n) is 5.05. The molecule has 0 saturated carbocycles. The first kappa shape index (κ1) is 18.8. The maximum atomic E-state index is 12.2. The van der Waals surface area contributed by atoms with Gasteiger partial charge in [-0.05, 0) is 43.3 Å². The number of carbonyl (C=O) groups excluding carboxylic acids is 1. The lowest BCUT2D eigenvalue weighted by Gasteiger charge is -2.14. The third kappa shape index (κ3) is 5.50. The van der Waals surface area contributed by atoms with E-state index in [4.69, 9.17) is 0 Å². The molecule has 2 aromatic carbocycles. The summed E-state index contributed by atoms with van der Waals surface area (Å²) < 4.78 is 55.0. The van der Waals surface area contributed by atoms with Crippen molar-refractivity contribution in [3.8, 4) is 5.75 Å². The van der Waals surface area contributed by atoms with Crippen LogP contribution in [-0.2, 0) is 14.8 Å². The molecule has 134 valence electrons. The number of ether oxygens (including phenoxy) is 1. The molecule has 2 rings (SSSR count). The SMILES string of the molecule is C[C@@H](NS(=O)(=O)c1ccccc1)C(=O)Nc1ccc(OC(F)F)cc1. The predicted molar refractivity (Wildman–Crippen MR) is 87.9 cm³/mol. The monoisotopic (exact) mass is 370 g/mol. The minimum absolute atomic E-state index is 0.0446. The number of rotatable bonds is 7. The van der Waals surface area contributed by atoms with Crippen LogP contribution in [0.2, 0.25) is 0 Å². The number of carbonyl (C=O) groups is 1. The molecule has 0 radical (unpaired) electrons. The third-order valence-electron chi connectivity index (χ3n) is 3.13. The van der Waals surface area contributed by atoms with Crippen LogP contribution < -0.4 is 14.8 Å². The summed E-state index contributed by atoms with van der Waals surface area (Å²) in [5.41, 5.74) is 0.317. The van der Waals surface area contributed by atoms with Gasteiger partial charge in [0.15, 0.2) is 0 Å².